The van der Waals surface area contributed by atoms with Crippen molar-refractivity contribution in [2.75, 3.05) is 40.4 Å². The maximum Gasteiger partial charge on any atom is 0.242 e. The molecule has 1 heterocycles. The van der Waals surface area contributed by atoms with Crippen molar-refractivity contribution in [3.63, 3.8) is 0 Å². The SMILES string of the molecule is CCCN(CCCCN(C)S(=O)(=O)c1ccccc1)C1COc2cccc(OC)c2C1. The Morgan fingerprint density at radius 3 is 2.48 bits per heavy atom. The third-order valence-corrected chi connectivity index (χ3v) is 7.70. The molecule has 0 bridgehead atoms. The highest BCUT2D eigenvalue weighted by atomic mass is 32.2. The second-order valence-electron chi connectivity index (χ2n) is 7.99. The predicted molar refractivity (Wildman–Crippen MR) is 123 cm³/mol. The quantitative estimate of drug-likeness (QED) is 0.491. The van der Waals surface area contributed by atoms with Crippen molar-refractivity contribution in [2.45, 2.75) is 43.5 Å². The van der Waals surface area contributed by atoms with Crippen molar-refractivity contribution >= 4 is 10.0 Å². The fraction of sp³-hybridized carbons (Fsp3) is 0.500. The first-order valence-corrected chi connectivity index (χ1v) is 12.5. The molecule has 2 aromatic carbocycles. The number of rotatable bonds is 11. The predicted octanol–water partition coefficient (Wildman–Crippen LogP) is 3.81. The van der Waals surface area contributed by atoms with Gasteiger partial charge in [0.1, 0.15) is 18.1 Å². The molecule has 6 nitrogen and oxygen atoms in total. The first kappa shape index (κ1) is 23.6. The standard InChI is InChI=1S/C24H34N2O4S/c1-4-15-26(20-18-22-23(29-3)13-10-14-24(22)30-19-20)17-9-8-16-25(2)31(27,28)21-11-6-5-7-12-21/h5-7,10-14,20H,4,8-9,15-19H2,1-3H3. The molecule has 0 saturated heterocycles. The van der Waals surface area contributed by atoms with E-state index in [-0.39, 0.29) is 0 Å². The van der Waals surface area contributed by atoms with Gasteiger partial charge in [0.15, 0.2) is 0 Å². The number of benzene rings is 2. The van der Waals surface area contributed by atoms with Gasteiger partial charge in [-0.2, -0.15) is 0 Å². The van der Waals surface area contributed by atoms with Gasteiger partial charge in [0.2, 0.25) is 10.0 Å². The van der Waals surface area contributed by atoms with E-state index in [0.29, 0.717) is 24.1 Å². The lowest BCUT2D eigenvalue weighted by Gasteiger charge is -2.35. The van der Waals surface area contributed by atoms with Crippen molar-refractivity contribution in [2.24, 2.45) is 0 Å². The van der Waals surface area contributed by atoms with E-state index in [1.54, 1.807) is 38.4 Å². The zero-order chi connectivity index (χ0) is 22.3. The Morgan fingerprint density at radius 1 is 1.03 bits per heavy atom. The summed E-state index contributed by atoms with van der Waals surface area (Å²) in [7, 11) is -0.0712. The van der Waals surface area contributed by atoms with Gasteiger partial charge in [-0.3, -0.25) is 4.90 Å². The van der Waals surface area contributed by atoms with E-state index < -0.39 is 10.0 Å². The average Bonchev–Trinajstić information content (AvgIpc) is 2.80. The largest absolute Gasteiger partial charge is 0.496 e. The summed E-state index contributed by atoms with van der Waals surface area (Å²) < 4.78 is 38.4. The summed E-state index contributed by atoms with van der Waals surface area (Å²) in [6, 6.07) is 14.9. The molecule has 31 heavy (non-hydrogen) atoms. The van der Waals surface area contributed by atoms with Crippen LogP contribution in [0.3, 0.4) is 0 Å². The fourth-order valence-corrected chi connectivity index (χ4v) is 5.32. The summed E-state index contributed by atoms with van der Waals surface area (Å²) in [6.45, 7) is 5.28. The number of ether oxygens (including phenoxy) is 2. The molecule has 0 spiro atoms. The molecule has 0 aromatic heterocycles. The van der Waals surface area contributed by atoms with Crippen LogP contribution in [0.15, 0.2) is 53.4 Å². The second kappa shape index (κ2) is 11.0. The number of nitrogens with zero attached hydrogens (tertiary/aromatic N) is 2. The molecule has 0 aliphatic carbocycles. The van der Waals surface area contributed by atoms with Crippen LogP contribution in [0.2, 0.25) is 0 Å². The minimum absolute atomic E-state index is 0.300. The molecular weight excluding hydrogens is 412 g/mol. The van der Waals surface area contributed by atoms with E-state index in [9.17, 15) is 8.42 Å². The van der Waals surface area contributed by atoms with Gasteiger partial charge in [0, 0.05) is 25.2 Å². The summed E-state index contributed by atoms with van der Waals surface area (Å²) in [6.07, 6.45) is 3.72. The van der Waals surface area contributed by atoms with Crippen molar-refractivity contribution in [3.05, 3.63) is 54.1 Å². The number of hydrogen-bond acceptors (Lipinski definition) is 5. The topological polar surface area (TPSA) is 59.1 Å². The number of sulfonamides is 1. The summed E-state index contributed by atoms with van der Waals surface area (Å²) in [5.41, 5.74) is 1.14. The van der Waals surface area contributed by atoms with Gasteiger partial charge in [0.25, 0.3) is 0 Å². The molecule has 1 aliphatic heterocycles. The van der Waals surface area contributed by atoms with Crippen molar-refractivity contribution < 1.29 is 17.9 Å². The highest BCUT2D eigenvalue weighted by molar-refractivity contribution is 7.89. The highest BCUT2D eigenvalue weighted by Crippen LogP contribution is 2.34. The zero-order valence-electron chi connectivity index (χ0n) is 18.8. The summed E-state index contributed by atoms with van der Waals surface area (Å²) in [4.78, 5) is 2.82. The molecule has 0 saturated carbocycles. The van der Waals surface area contributed by atoms with Crippen LogP contribution < -0.4 is 9.47 Å². The van der Waals surface area contributed by atoms with Crippen LogP contribution in [0.1, 0.15) is 31.7 Å². The van der Waals surface area contributed by atoms with E-state index in [4.69, 9.17) is 9.47 Å². The Morgan fingerprint density at radius 2 is 1.77 bits per heavy atom. The van der Waals surface area contributed by atoms with E-state index in [1.807, 2.05) is 24.3 Å². The van der Waals surface area contributed by atoms with Crippen LogP contribution in [0.25, 0.3) is 0 Å². The Kier molecular flexibility index (Phi) is 8.35. The molecule has 3 rings (SSSR count). The molecule has 2 aromatic rings. The second-order valence-corrected chi connectivity index (χ2v) is 10.0. The summed E-state index contributed by atoms with van der Waals surface area (Å²) in [5.74, 6) is 1.80. The summed E-state index contributed by atoms with van der Waals surface area (Å²) >= 11 is 0. The van der Waals surface area contributed by atoms with E-state index in [0.717, 1.165) is 55.8 Å². The molecule has 0 radical (unpaired) electrons. The highest BCUT2D eigenvalue weighted by Gasteiger charge is 2.27. The normalized spacial score (nSPS) is 16.2. The van der Waals surface area contributed by atoms with Crippen LogP contribution in [-0.4, -0.2) is 64.1 Å². The number of fused-ring (bicyclic) bond motifs is 1. The maximum atomic E-state index is 12.7. The maximum absolute atomic E-state index is 12.7. The third-order valence-electron chi connectivity index (χ3n) is 5.83. The monoisotopic (exact) mass is 446 g/mol. The Labute approximate surface area is 186 Å². The van der Waals surface area contributed by atoms with Gasteiger partial charge in [-0.05, 0) is 63.0 Å². The minimum Gasteiger partial charge on any atom is -0.496 e. The van der Waals surface area contributed by atoms with E-state index in [1.165, 1.54) is 4.31 Å². The van der Waals surface area contributed by atoms with Crippen LogP contribution in [0, 0.1) is 0 Å². The minimum atomic E-state index is -3.43. The zero-order valence-corrected chi connectivity index (χ0v) is 19.6. The molecule has 0 N–H and O–H groups in total. The van der Waals surface area contributed by atoms with Gasteiger partial charge >= 0.3 is 0 Å². The van der Waals surface area contributed by atoms with Crippen LogP contribution >= 0.6 is 0 Å². The lowest BCUT2D eigenvalue weighted by Crippen LogP contribution is -2.44. The molecule has 170 valence electrons. The fourth-order valence-electron chi connectivity index (χ4n) is 4.09. The first-order chi connectivity index (χ1) is 15.0. The third kappa shape index (κ3) is 5.79. The molecule has 1 aliphatic rings. The van der Waals surface area contributed by atoms with Crippen molar-refractivity contribution in [1.82, 2.24) is 9.21 Å². The van der Waals surface area contributed by atoms with E-state index >= 15 is 0 Å². The van der Waals surface area contributed by atoms with Crippen LogP contribution in [0.4, 0.5) is 0 Å². The average molecular weight is 447 g/mol. The van der Waals surface area contributed by atoms with Gasteiger partial charge in [-0.1, -0.05) is 31.2 Å². The smallest absolute Gasteiger partial charge is 0.242 e. The van der Waals surface area contributed by atoms with Crippen molar-refractivity contribution in [1.29, 1.82) is 0 Å². The van der Waals surface area contributed by atoms with Gasteiger partial charge in [-0.15, -0.1) is 0 Å². The van der Waals surface area contributed by atoms with Gasteiger partial charge < -0.3 is 9.47 Å². The van der Waals surface area contributed by atoms with Gasteiger partial charge in [0.05, 0.1) is 12.0 Å². The lowest BCUT2D eigenvalue weighted by atomic mass is 10.00. The number of methoxy groups -OCH3 is 1. The van der Waals surface area contributed by atoms with Gasteiger partial charge in [-0.25, -0.2) is 12.7 Å². The Hall–Kier alpha value is -2.09. The molecule has 7 heteroatoms. The summed E-state index contributed by atoms with van der Waals surface area (Å²) in [5, 5.41) is 0. The number of hydrogen-bond donors (Lipinski definition) is 0. The van der Waals surface area contributed by atoms with Crippen LogP contribution in [0.5, 0.6) is 11.5 Å². The Bertz CT molecular complexity index is 920. The molecule has 0 amide bonds. The first-order valence-electron chi connectivity index (χ1n) is 11.0. The lowest BCUT2D eigenvalue weighted by molar-refractivity contribution is 0.115. The van der Waals surface area contributed by atoms with Crippen LogP contribution in [-0.2, 0) is 16.4 Å². The molecule has 1 atom stereocenters. The number of unbranched alkanes of at least 4 members (excludes halogenated alkanes) is 1. The molecule has 0 fully saturated rings. The van der Waals surface area contributed by atoms with Crippen molar-refractivity contribution in [3.8, 4) is 11.5 Å². The molecular formula is C24H34N2O4S. The molecule has 1 unspecified atom stereocenters. The Balaban J connectivity index is 1.54. The van der Waals surface area contributed by atoms with E-state index in [2.05, 4.69) is 11.8 Å².